The van der Waals surface area contributed by atoms with Crippen molar-refractivity contribution in [1.82, 2.24) is 5.32 Å². The van der Waals surface area contributed by atoms with E-state index < -0.39 is 0 Å². The minimum absolute atomic E-state index is 0.479. The van der Waals surface area contributed by atoms with Gasteiger partial charge in [0.05, 0.1) is 7.11 Å². The Morgan fingerprint density at radius 1 is 1.10 bits per heavy atom. The Labute approximate surface area is 125 Å². The Balaban J connectivity index is 2.15. The molecular formula is C17H21NOS. The summed E-state index contributed by atoms with van der Waals surface area (Å²) in [5.41, 5.74) is 1.38. The van der Waals surface area contributed by atoms with Gasteiger partial charge in [-0.1, -0.05) is 30.0 Å². The lowest BCUT2D eigenvalue weighted by Gasteiger charge is -2.14. The van der Waals surface area contributed by atoms with Gasteiger partial charge in [-0.3, -0.25) is 0 Å². The van der Waals surface area contributed by atoms with Crippen LogP contribution in [0.3, 0.4) is 0 Å². The molecule has 20 heavy (non-hydrogen) atoms. The molecule has 3 heteroatoms. The predicted molar refractivity (Wildman–Crippen MR) is 85.8 cm³/mol. The van der Waals surface area contributed by atoms with Crippen LogP contribution in [0.25, 0.3) is 0 Å². The van der Waals surface area contributed by atoms with Gasteiger partial charge < -0.3 is 10.1 Å². The fraction of sp³-hybridized carbons (Fsp3) is 0.294. The molecule has 0 saturated heterocycles. The summed E-state index contributed by atoms with van der Waals surface area (Å²) in [7, 11) is 3.69. The van der Waals surface area contributed by atoms with E-state index in [4.69, 9.17) is 4.74 Å². The van der Waals surface area contributed by atoms with Crippen LogP contribution >= 0.6 is 11.8 Å². The van der Waals surface area contributed by atoms with Crippen LogP contribution in [-0.2, 0) is 6.42 Å². The summed E-state index contributed by atoms with van der Waals surface area (Å²) in [4.78, 5) is 2.55. The van der Waals surface area contributed by atoms with Gasteiger partial charge >= 0.3 is 0 Å². The molecular weight excluding hydrogens is 266 g/mol. The topological polar surface area (TPSA) is 21.3 Å². The zero-order valence-corrected chi connectivity index (χ0v) is 13.0. The van der Waals surface area contributed by atoms with E-state index in [1.807, 2.05) is 19.2 Å². The third kappa shape index (κ3) is 4.02. The third-order valence-electron chi connectivity index (χ3n) is 3.28. The summed E-state index contributed by atoms with van der Waals surface area (Å²) < 4.78 is 5.19. The number of methoxy groups -OCH3 is 1. The summed E-state index contributed by atoms with van der Waals surface area (Å²) in [5.74, 6) is 0.895. The van der Waals surface area contributed by atoms with Crippen molar-refractivity contribution >= 4 is 11.8 Å². The Morgan fingerprint density at radius 2 is 1.80 bits per heavy atom. The molecule has 2 aromatic carbocycles. The normalized spacial score (nSPS) is 12.2. The summed E-state index contributed by atoms with van der Waals surface area (Å²) in [6.07, 6.45) is 1.04. The van der Waals surface area contributed by atoms with E-state index in [0.717, 1.165) is 12.2 Å². The largest absolute Gasteiger partial charge is 0.497 e. The molecule has 1 atom stereocenters. The first-order valence-electron chi connectivity index (χ1n) is 6.80. The van der Waals surface area contributed by atoms with Gasteiger partial charge in [0.15, 0.2) is 0 Å². The van der Waals surface area contributed by atoms with Crippen molar-refractivity contribution in [3.8, 4) is 5.75 Å². The van der Waals surface area contributed by atoms with Crippen LogP contribution in [0.15, 0.2) is 58.3 Å². The number of benzene rings is 2. The molecule has 0 aliphatic carbocycles. The lowest BCUT2D eigenvalue weighted by atomic mass is 10.1. The molecule has 0 unspecified atom stereocenters. The number of rotatable bonds is 6. The molecule has 2 nitrogen and oxygen atoms in total. The summed E-state index contributed by atoms with van der Waals surface area (Å²) >= 11 is 1.80. The molecule has 106 valence electrons. The lowest BCUT2D eigenvalue weighted by molar-refractivity contribution is 0.414. The van der Waals surface area contributed by atoms with Crippen LogP contribution in [-0.4, -0.2) is 20.2 Å². The monoisotopic (exact) mass is 287 g/mol. The van der Waals surface area contributed by atoms with Gasteiger partial charge in [0.2, 0.25) is 0 Å². The highest BCUT2D eigenvalue weighted by atomic mass is 32.2. The molecule has 1 N–H and O–H groups in total. The second-order valence-corrected chi connectivity index (χ2v) is 5.89. The van der Waals surface area contributed by atoms with Gasteiger partial charge in [-0.15, -0.1) is 0 Å². The Bertz CT molecular complexity index is 539. The van der Waals surface area contributed by atoms with E-state index in [-0.39, 0.29) is 0 Å². The molecule has 2 rings (SSSR count). The van der Waals surface area contributed by atoms with Gasteiger partial charge in [-0.05, 0) is 56.3 Å². The van der Waals surface area contributed by atoms with E-state index in [2.05, 4.69) is 48.6 Å². The van der Waals surface area contributed by atoms with Gasteiger partial charge in [0, 0.05) is 15.8 Å². The van der Waals surface area contributed by atoms with Crippen molar-refractivity contribution in [1.29, 1.82) is 0 Å². The first-order chi connectivity index (χ1) is 9.72. The van der Waals surface area contributed by atoms with Crippen molar-refractivity contribution in [2.45, 2.75) is 29.2 Å². The van der Waals surface area contributed by atoms with Crippen molar-refractivity contribution < 1.29 is 4.74 Å². The molecule has 0 amide bonds. The van der Waals surface area contributed by atoms with Gasteiger partial charge in [-0.2, -0.15) is 0 Å². The molecule has 2 aromatic rings. The van der Waals surface area contributed by atoms with Crippen LogP contribution < -0.4 is 10.1 Å². The van der Waals surface area contributed by atoms with Crippen LogP contribution in [0.5, 0.6) is 5.75 Å². The first kappa shape index (κ1) is 14.9. The minimum Gasteiger partial charge on any atom is -0.497 e. The summed E-state index contributed by atoms with van der Waals surface area (Å²) in [6.45, 7) is 2.20. The zero-order valence-electron chi connectivity index (χ0n) is 12.2. The summed E-state index contributed by atoms with van der Waals surface area (Å²) in [6, 6.07) is 17.3. The standard InChI is InChI=1S/C17H21NOS/c1-13(18-2)12-14-6-4-5-7-17(14)20-16-10-8-15(19-3)9-11-16/h4-11,13,18H,12H2,1-3H3/t13-/m1/s1. The quantitative estimate of drug-likeness (QED) is 0.868. The Hall–Kier alpha value is -1.45. The molecule has 0 heterocycles. The molecule has 0 spiro atoms. The highest BCUT2D eigenvalue weighted by Gasteiger charge is 2.07. The molecule has 0 aromatic heterocycles. The number of ether oxygens (including phenoxy) is 1. The fourth-order valence-corrected chi connectivity index (χ4v) is 2.93. The second kappa shape index (κ2) is 7.36. The van der Waals surface area contributed by atoms with Crippen molar-refractivity contribution in [3.05, 3.63) is 54.1 Å². The van der Waals surface area contributed by atoms with Gasteiger partial charge in [-0.25, -0.2) is 0 Å². The van der Waals surface area contributed by atoms with Crippen LogP contribution in [0, 0.1) is 0 Å². The SMILES string of the molecule is CN[C@H](C)Cc1ccccc1Sc1ccc(OC)cc1. The predicted octanol–water partition coefficient (Wildman–Crippen LogP) is 4.00. The number of hydrogen-bond acceptors (Lipinski definition) is 3. The molecule has 0 fully saturated rings. The molecule has 0 aliphatic heterocycles. The van der Waals surface area contributed by atoms with Crippen LogP contribution in [0.2, 0.25) is 0 Å². The molecule has 0 bridgehead atoms. The Morgan fingerprint density at radius 3 is 2.45 bits per heavy atom. The first-order valence-corrected chi connectivity index (χ1v) is 7.61. The van der Waals surface area contributed by atoms with Crippen molar-refractivity contribution in [2.75, 3.05) is 14.2 Å². The summed E-state index contributed by atoms with van der Waals surface area (Å²) in [5, 5.41) is 3.29. The van der Waals surface area contributed by atoms with E-state index in [1.54, 1.807) is 18.9 Å². The Kier molecular flexibility index (Phi) is 5.50. The molecule has 0 aliphatic rings. The number of likely N-dealkylation sites (N-methyl/N-ethyl adjacent to an activating group) is 1. The number of hydrogen-bond donors (Lipinski definition) is 1. The average Bonchev–Trinajstić information content (AvgIpc) is 2.50. The van der Waals surface area contributed by atoms with Gasteiger partial charge in [0.1, 0.15) is 5.75 Å². The van der Waals surface area contributed by atoms with E-state index >= 15 is 0 Å². The fourth-order valence-electron chi connectivity index (χ4n) is 1.97. The van der Waals surface area contributed by atoms with Crippen LogP contribution in [0.4, 0.5) is 0 Å². The van der Waals surface area contributed by atoms with Crippen molar-refractivity contribution in [3.63, 3.8) is 0 Å². The maximum atomic E-state index is 5.19. The highest BCUT2D eigenvalue weighted by molar-refractivity contribution is 7.99. The van der Waals surface area contributed by atoms with Crippen molar-refractivity contribution in [2.24, 2.45) is 0 Å². The maximum absolute atomic E-state index is 5.19. The molecule has 0 saturated carbocycles. The van der Waals surface area contributed by atoms with Crippen LogP contribution in [0.1, 0.15) is 12.5 Å². The maximum Gasteiger partial charge on any atom is 0.118 e. The minimum atomic E-state index is 0.479. The highest BCUT2D eigenvalue weighted by Crippen LogP contribution is 2.31. The van der Waals surface area contributed by atoms with E-state index in [0.29, 0.717) is 6.04 Å². The second-order valence-electron chi connectivity index (χ2n) is 4.78. The van der Waals surface area contributed by atoms with Gasteiger partial charge in [0.25, 0.3) is 0 Å². The zero-order chi connectivity index (χ0) is 14.4. The van der Waals surface area contributed by atoms with E-state index in [1.165, 1.54) is 15.4 Å². The number of nitrogens with one attached hydrogen (secondary N) is 1. The average molecular weight is 287 g/mol. The molecule has 0 radical (unpaired) electrons. The van der Waals surface area contributed by atoms with E-state index in [9.17, 15) is 0 Å². The lowest BCUT2D eigenvalue weighted by Crippen LogP contribution is -2.23. The smallest absolute Gasteiger partial charge is 0.118 e. The third-order valence-corrected chi connectivity index (χ3v) is 4.40.